The average molecular weight is 357 g/mol. The van der Waals surface area contributed by atoms with E-state index in [4.69, 9.17) is 9.47 Å². The van der Waals surface area contributed by atoms with Crippen LogP contribution in [-0.2, 0) is 4.74 Å². The maximum atomic E-state index is 13.1. The number of hydrogen-bond acceptors (Lipinski definition) is 6. The van der Waals surface area contributed by atoms with E-state index < -0.39 is 0 Å². The molecule has 2 aliphatic heterocycles. The summed E-state index contributed by atoms with van der Waals surface area (Å²) in [5.41, 5.74) is 1.50. The lowest BCUT2D eigenvalue weighted by molar-refractivity contribution is -0.0229. The van der Waals surface area contributed by atoms with Gasteiger partial charge in [0.15, 0.2) is 0 Å². The predicted octanol–water partition coefficient (Wildman–Crippen LogP) is 1.70. The zero-order valence-electron chi connectivity index (χ0n) is 14.9. The van der Waals surface area contributed by atoms with Crippen LogP contribution in [0.5, 0.6) is 5.75 Å². The molecule has 1 aromatic carbocycles. The molecule has 0 saturated carbocycles. The molecule has 26 heavy (non-hydrogen) atoms. The highest BCUT2D eigenvalue weighted by atomic mass is 16.5. The minimum atomic E-state index is 0.0487. The van der Waals surface area contributed by atoms with Crippen LogP contribution in [-0.4, -0.2) is 64.4 Å². The lowest BCUT2D eigenvalue weighted by atomic mass is 9.74. The number of tetrazole rings is 1. The second-order valence-corrected chi connectivity index (χ2v) is 7.08. The number of rotatable bonds is 3. The van der Waals surface area contributed by atoms with Crippen LogP contribution in [0, 0.1) is 5.41 Å². The van der Waals surface area contributed by atoms with Crippen LogP contribution in [0.4, 0.5) is 0 Å². The molecule has 0 N–H and O–H groups in total. The van der Waals surface area contributed by atoms with Crippen LogP contribution < -0.4 is 4.74 Å². The summed E-state index contributed by atoms with van der Waals surface area (Å²) in [5, 5.41) is 11.2. The van der Waals surface area contributed by atoms with E-state index in [-0.39, 0.29) is 11.3 Å². The number of amides is 1. The van der Waals surface area contributed by atoms with Gasteiger partial charge in [0.05, 0.1) is 7.11 Å². The van der Waals surface area contributed by atoms with Crippen molar-refractivity contribution in [2.45, 2.75) is 25.7 Å². The first-order chi connectivity index (χ1) is 12.7. The van der Waals surface area contributed by atoms with Gasteiger partial charge in [0.25, 0.3) is 5.91 Å². The zero-order chi connectivity index (χ0) is 18.0. The van der Waals surface area contributed by atoms with Gasteiger partial charge >= 0.3 is 0 Å². The fraction of sp³-hybridized carbons (Fsp3) is 0.556. The highest BCUT2D eigenvalue weighted by Crippen LogP contribution is 2.39. The molecule has 4 rings (SSSR count). The summed E-state index contributed by atoms with van der Waals surface area (Å²) in [7, 11) is 1.59. The summed E-state index contributed by atoms with van der Waals surface area (Å²) in [6, 6.07) is 5.39. The molecule has 0 atom stereocenters. The number of carbonyl (C=O) groups excluding carboxylic acids is 1. The molecule has 2 saturated heterocycles. The van der Waals surface area contributed by atoms with Crippen LogP contribution in [0.1, 0.15) is 36.0 Å². The van der Waals surface area contributed by atoms with E-state index in [0.717, 1.165) is 45.6 Å². The van der Waals surface area contributed by atoms with Gasteiger partial charge < -0.3 is 14.4 Å². The molecule has 8 nitrogen and oxygen atoms in total. The van der Waals surface area contributed by atoms with E-state index in [1.807, 2.05) is 4.90 Å². The standard InChI is InChI=1S/C18H23N5O3/c1-25-16-4-3-14(11-15(16)23-13-19-20-21-23)17(24)22-8-2-5-18(12-22)6-9-26-10-7-18/h3-4,11,13H,2,5-10,12H2,1H3. The number of aromatic nitrogens is 4. The van der Waals surface area contributed by atoms with E-state index in [0.29, 0.717) is 17.0 Å². The minimum absolute atomic E-state index is 0.0487. The molecule has 0 aliphatic carbocycles. The first kappa shape index (κ1) is 17.0. The van der Waals surface area contributed by atoms with Crippen molar-refractivity contribution in [1.29, 1.82) is 0 Å². The molecule has 2 aromatic rings. The largest absolute Gasteiger partial charge is 0.494 e. The molecule has 0 radical (unpaired) electrons. The first-order valence-corrected chi connectivity index (χ1v) is 8.99. The fourth-order valence-electron chi connectivity index (χ4n) is 4.05. The summed E-state index contributed by atoms with van der Waals surface area (Å²) >= 11 is 0. The maximum absolute atomic E-state index is 13.1. The van der Waals surface area contributed by atoms with Gasteiger partial charge in [-0.05, 0) is 59.7 Å². The Bertz CT molecular complexity index is 766. The lowest BCUT2D eigenvalue weighted by Crippen LogP contribution is -2.48. The molecule has 1 amide bonds. The van der Waals surface area contributed by atoms with Gasteiger partial charge in [0.2, 0.25) is 0 Å². The highest BCUT2D eigenvalue weighted by Gasteiger charge is 2.38. The molecule has 0 unspecified atom stereocenters. The van der Waals surface area contributed by atoms with Crippen molar-refractivity contribution < 1.29 is 14.3 Å². The van der Waals surface area contributed by atoms with Gasteiger partial charge in [-0.15, -0.1) is 5.10 Å². The Morgan fingerprint density at radius 1 is 1.27 bits per heavy atom. The molecule has 2 fully saturated rings. The van der Waals surface area contributed by atoms with E-state index in [2.05, 4.69) is 15.5 Å². The van der Waals surface area contributed by atoms with E-state index in [1.54, 1.807) is 25.3 Å². The Morgan fingerprint density at radius 2 is 2.12 bits per heavy atom. The lowest BCUT2D eigenvalue weighted by Gasteiger charge is -2.45. The SMILES string of the molecule is COc1ccc(C(=O)N2CCCC3(CCOCC3)C2)cc1-n1cnnn1. The van der Waals surface area contributed by atoms with Crippen LogP contribution >= 0.6 is 0 Å². The minimum Gasteiger partial charge on any atom is -0.494 e. The average Bonchev–Trinajstić information content (AvgIpc) is 3.22. The molecular formula is C18H23N5O3. The molecule has 138 valence electrons. The molecule has 0 bridgehead atoms. The summed E-state index contributed by atoms with van der Waals surface area (Å²) < 4.78 is 12.4. The summed E-state index contributed by atoms with van der Waals surface area (Å²) in [6.07, 6.45) is 5.79. The van der Waals surface area contributed by atoms with Gasteiger partial charge in [-0.3, -0.25) is 4.79 Å². The monoisotopic (exact) mass is 357 g/mol. The van der Waals surface area contributed by atoms with E-state index in [1.165, 1.54) is 17.4 Å². The van der Waals surface area contributed by atoms with Crippen molar-refractivity contribution in [1.82, 2.24) is 25.1 Å². The topological polar surface area (TPSA) is 82.4 Å². The quantitative estimate of drug-likeness (QED) is 0.832. The van der Waals surface area contributed by atoms with Crippen LogP contribution in [0.2, 0.25) is 0 Å². The maximum Gasteiger partial charge on any atom is 0.253 e. The van der Waals surface area contributed by atoms with E-state index >= 15 is 0 Å². The van der Waals surface area contributed by atoms with Crippen LogP contribution in [0.25, 0.3) is 5.69 Å². The normalized spacial score (nSPS) is 19.5. The van der Waals surface area contributed by atoms with Crippen molar-refractivity contribution in [2.24, 2.45) is 5.41 Å². The number of hydrogen-bond donors (Lipinski definition) is 0. The third-order valence-corrected chi connectivity index (χ3v) is 5.52. The highest BCUT2D eigenvalue weighted by molar-refractivity contribution is 5.95. The van der Waals surface area contributed by atoms with E-state index in [9.17, 15) is 4.79 Å². The fourth-order valence-corrected chi connectivity index (χ4v) is 4.05. The predicted molar refractivity (Wildman–Crippen MR) is 93.3 cm³/mol. The van der Waals surface area contributed by atoms with Crippen molar-refractivity contribution >= 4 is 5.91 Å². The van der Waals surface area contributed by atoms with Crippen LogP contribution in [0.15, 0.2) is 24.5 Å². The van der Waals surface area contributed by atoms with Crippen molar-refractivity contribution in [3.05, 3.63) is 30.1 Å². The molecule has 1 aromatic heterocycles. The number of nitrogens with zero attached hydrogens (tertiary/aromatic N) is 5. The molecule has 1 spiro atoms. The number of ether oxygens (including phenoxy) is 2. The van der Waals surface area contributed by atoms with Gasteiger partial charge in [0, 0.05) is 31.9 Å². The van der Waals surface area contributed by atoms with Crippen molar-refractivity contribution in [3.63, 3.8) is 0 Å². The third kappa shape index (κ3) is 3.16. The number of likely N-dealkylation sites (tertiary alicyclic amines) is 1. The number of carbonyl (C=O) groups is 1. The first-order valence-electron chi connectivity index (χ1n) is 8.99. The van der Waals surface area contributed by atoms with Crippen molar-refractivity contribution in [3.8, 4) is 11.4 Å². The Labute approximate surface area is 152 Å². The Morgan fingerprint density at radius 3 is 2.85 bits per heavy atom. The summed E-state index contributed by atoms with van der Waals surface area (Å²) in [4.78, 5) is 15.1. The number of benzene rings is 1. The van der Waals surface area contributed by atoms with Crippen LogP contribution in [0.3, 0.4) is 0 Å². The van der Waals surface area contributed by atoms with Gasteiger partial charge in [-0.2, -0.15) is 4.68 Å². The van der Waals surface area contributed by atoms with Gasteiger partial charge in [-0.1, -0.05) is 0 Å². The second-order valence-electron chi connectivity index (χ2n) is 7.08. The molecule has 8 heteroatoms. The zero-order valence-corrected chi connectivity index (χ0v) is 14.9. The van der Waals surface area contributed by atoms with Crippen molar-refractivity contribution in [2.75, 3.05) is 33.4 Å². The molecular weight excluding hydrogens is 334 g/mol. The summed E-state index contributed by atoms with van der Waals surface area (Å²) in [5.74, 6) is 0.668. The Kier molecular flexibility index (Phi) is 4.58. The number of methoxy groups -OCH3 is 1. The smallest absolute Gasteiger partial charge is 0.253 e. The number of piperidine rings is 1. The third-order valence-electron chi connectivity index (χ3n) is 5.52. The molecule has 3 heterocycles. The Balaban J connectivity index is 1.59. The van der Waals surface area contributed by atoms with Gasteiger partial charge in [-0.25, -0.2) is 0 Å². The van der Waals surface area contributed by atoms with Gasteiger partial charge in [0.1, 0.15) is 17.8 Å². The summed E-state index contributed by atoms with van der Waals surface area (Å²) in [6.45, 7) is 3.21. The Hall–Kier alpha value is -2.48. The second kappa shape index (κ2) is 7.03. The molecule has 2 aliphatic rings.